The van der Waals surface area contributed by atoms with E-state index in [0.717, 1.165) is 27.6 Å². The average Bonchev–Trinajstić information content (AvgIpc) is 3.26. The number of hydrogen-bond donors (Lipinski definition) is 0. The normalized spacial score (nSPS) is 10.9. The molecule has 2 aromatic carbocycles. The third kappa shape index (κ3) is 5.55. The average molecular weight is 513 g/mol. The van der Waals surface area contributed by atoms with Gasteiger partial charge in [-0.25, -0.2) is 15.0 Å². The number of aryl methyl sites for hydroxylation is 2. The Balaban J connectivity index is 1.65. The Morgan fingerprint density at radius 3 is 2.53 bits per heavy atom. The molecule has 174 valence electrons. The number of hydrogen-bond acceptors (Lipinski definition) is 6. The highest BCUT2D eigenvalue weighted by Crippen LogP contribution is 2.33. The van der Waals surface area contributed by atoms with Gasteiger partial charge >= 0.3 is 0 Å². The van der Waals surface area contributed by atoms with E-state index in [1.807, 2.05) is 43.3 Å². The van der Waals surface area contributed by atoms with Crippen LogP contribution in [0.5, 0.6) is 5.75 Å². The predicted molar refractivity (Wildman–Crippen MR) is 136 cm³/mol. The van der Waals surface area contributed by atoms with Crippen molar-refractivity contribution in [2.45, 2.75) is 26.8 Å². The molecular weight excluding hydrogens is 491 g/mol. The number of ether oxygens (including phenoxy) is 1. The van der Waals surface area contributed by atoms with Crippen molar-refractivity contribution in [3.63, 3.8) is 0 Å². The molecule has 0 saturated carbocycles. The Morgan fingerprint density at radius 2 is 1.85 bits per heavy atom. The summed E-state index contributed by atoms with van der Waals surface area (Å²) in [7, 11) is 1.62. The van der Waals surface area contributed by atoms with Crippen LogP contribution >= 0.6 is 34.5 Å². The number of benzene rings is 2. The van der Waals surface area contributed by atoms with Crippen molar-refractivity contribution in [1.29, 1.82) is 0 Å². The summed E-state index contributed by atoms with van der Waals surface area (Å²) in [4.78, 5) is 28.9. The Morgan fingerprint density at radius 1 is 1.09 bits per heavy atom. The molecule has 0 radical (unpaired) electrons. The summed E-state index contributed by atoms with van der Waals surface area (Å²) in [6.07, 6.45) is 2.07. The molecule has 34 heavy (non-hydrogen) atoms. The Bertz CT molecular complexity index is 1280. The second-order valence-corrected chi connectivity index (χ2v) is 9.58. The molecule has 0 aliphatic carbocycles. The topological polar surface area (TPSA) is 68.2 Å². The number of thiazole rings is 1. The minimum atomic E-state index is -0.173. The van der Waals surface area contributed by atoms with Crippen LogP contribution in [-0.2, 0) is 13.0 Å². The molecule has 4 rings (SSSR count). The number of aromatic nitrogens is 3. The van der Waals surface area contributed by atoms with Crippen LogP contribution in [0, 0.1) is 13.8 Å². The lowest BCUT2D eigenvalue weighted by atomic mass is 10.1. The first-order valence-electron chi connectivity index (χ1n) is 10.5. The van der Waals surface area contributed by atoms with Crippen molar-refractivity contribution in [3.05, 3.63) is 97.4 Å². The van der Waals surface area contributed by atoms with Gasteiger partial charge in [0.25, 0.3) is 5.91 Å². The number of anilines is 1. The van der Waals surface area contributed by atoms with E-state index in [1.54, 1.807) is 37.3 Å². The van der Waals surface area contributed by atoms with E-state index in [-0.39, 0.29) is 5.91 Å². The van der Waals surface area contributed by atoms with Gasteiger partial charge in [-0.3, -0.25) is 4.79 Å². The molecule has 0 N–H and O–H groups in total. The summed E-state index contributed by atoms with van der Waals surface area (Å²) in [6, 6.07) is 14.9. The van der Waals surface area contributed by atoms with Crippen molar-refractivity contribution in [3.8, 4) is 5.75 Å². The zero-order valence-electron chi connectivity index (χ0n) is 18.9. The standard InChI is InChI=1S/C25H22Cl2N4O2S/c1-15-5-4-6-20(26)24(15)31(14-17-7-9-19(33-3)10-8-17)25(32)21-13-28-23(34-21)12-18-11-22(27)30-16(2)29-18/h4-11,13H,12,14H2,1-3H3. The first kappa shape index (κ1) is 24.1. The highest BCUT2D eigenvalue weighted by molar-refractivity contribution is 7.13. The molecule has 2 aromatic heterocycles. The van der Waals surface area contributed by atoms with E-state index in [9.17, 15) is 4.79 Å². The minimum Gasteiger partial charge on any atom is -0.497 e. The Hall–Kier alpha value is -3.00. The van der Waals surface area contributed by atoms with E-state index in [4.69, 9.17) is 27.9 Å². The molecule has 0 saturated heterocycles. The molecular formula is C25H22Cl2N4O2S. The van der Waals surface area contributed by atoms with Crippen LogP contribution < -0.4 is 9.64 Å². The second kappa shape index (κ2) is 10.5. The molecule has 2 heterocycles. The van der Waals surface area contributed by atoms with Crippen molar-refractivity contribution < 1.29 is 9.53 Å². The molecule has 0 atom stereocenters. The van der Waals surface area contributed by atoms with Gasteiger partial charge in [-0.05, 0) is 49.2 Å². The maximum absolute atomic E-state index is 13.7. The fourth-order valence-electron chi connectivity index (χ4n) is 3.59. The number of rotatable bonds is 7. The minimum absolute atomic E-state index is 0.173. The molecule has 0 aliphatic rings. The van der Waals surface area contributed by atoms with Gasteiger partial charge in [0.15, 0.2) is 0 Å². The lowest BCUT2D eigenvalue weighted by Crippen LogP contribution is -2.30. The summed E-state index contributed by atoms with van der Waals surface area (Å²) in [6.45, 7) is 4.07. The zero-order chi connectivity index (χ0) is 24.2. The van der Waals surface area contributed by atoms with Gasteiger partial charge in [-0.2, -0.15) is 0 Å². The van der Waals surface area contributed by atoms with Crippen LogP contribution in [0.25, 0.3) is 0 Å². The van der Waals surface area contributed by atoms with E-state index in [1.165, 1.54) is 11.3 Å². The molecule has 0 spiro atoms. The van der Waals surface area contributed by atoms with Crippen molar-refractivity contribution in [2.24, 2.45) is 0 Å². The van der Waals surface area contributed by atoms with Crippen molar-refractivity contribution in [2.75, 3.05) is 12.0 Å². The Kier molecular flexibility index (Phi) is 7.46. The molecule has 0 bridgehead atoms. The molecule has 1 amide bonds. The summed E-state index contributed by atoms with van der Waals surface area (Å²) < 4.78 is 5.25. The fourth-order valence-corrected chi connectivity index (χ4v) is 5.04. The van der Waals surface area contributed by atoms with Crippen LogP contribution in [-0.4, -0.2) is 28.0 Å². The van der Waals surface area contributed by atoms with Crippen LogP contribution in [0.1, 0.15) is 37.3 Å². The molecule has 9 heteroatoms. The van der Waals surface area contributed by atoms with Gasteiger partial charge in [0.1, 0.15) is 21.6 Å². The third-order valence-electron chi connectivity index (χ3n) is 5.16. The number of carbonyl (C=O) groups excluding carboxylic acids is 1. The first-order chi connectivity index (χ1) is 16.3. The van der Waals surface area contributed by atoms with Gasteiger partial charge in [-0.15, -0.1) is 11.3 Å². The summed E-state index contributed by atoms with van der Waals surface area (Å²) in [5, 5.41) is 1.66. The Labute approximate surface area is 212 Å². The number of methoxy groups -OCH3 is 1. The fraction of sp³-hybridized carbons (Fsp3) is 0.200. The van der Waals surface area contributed by atoms with Crippen molar-refractivity contribution in [1.82, 2.24) is 15.0 Å². The maximum Gasteiger partial charge on any atom is 0.270 e. The van der Waals surface area contributed by atoms with E-state index >= 15 is 0 Å². The van der Waals surface area contributed by atoms with Crippen LogP contribution in [0.3, 0.4) is 0 Å². The van der Waals surface area contributed by atoms with Gasteiger partial charge < -0.3 is 9.64 Å². The van der Waals surface area contributed by atoms with E-state index < -0.39 is 0 Å². The largest absolute Gasteiger partial charge is 0.497 e. The molecule has 6 nitrogen and oxygen atoms in total. The van der Waals surface area contributed by atoms with Crippen LogP contribution in [0.4, 0.5) is 5.69 Å². The predicted octanol–water partition coefficient (Wildman–Crippen LogP) is 6.30. The van der Waals surface area contributed by atoms with Crippen LogP contribution in [0.15, 0.2) is 54.7 Å². The molecule has 0 aliphatic heterocycles. The van der Waals surface area contributed by atoms with Crippen molar-refractivity contribution >= 4 is 46.1 Å². The monoisotopic (exact) mass is 512 g/mol. The maximum atomic E-state index is 13.7. The number of nitrogens with zero attached hydrogens (tertiary/aromatic N) is 4. The lowest BCUT2D eigenvalue weighted by Gasteiger charge is -2.25. The number of halogens is 2. The highest BCUT2D eigenvalue weighted by atomic mass is 35.5. The van der Waals surface area contributed by atoms with Crippen LogP contribution in [0.2, 0.25) is 10.2 Å². The third-order valence-corrected chi connectivity index (χ3v) is 6.64. The smallest absolute Gasteiger partial charge is 0.270 e. The highest BCUT2D eigenvalue weighted by Gasteiger charge is 2.24. The number of amides is 1. The first-order valence-corrected chi connectivity index (χ1v) is 12.1. The van der Waals surface area contributed by atoms with Gasteiger partial charge in [0.2, 0.25) is 0 Å². The van der Waals surface area contributed by atoms with Gasteiger partial charge in [0, 0.05) is 6.42 Å². The molecule has 0 fully saturated rings. The SMILES string of the molecule is COc1ccc(CN(C(=O)c2cnc(Cc3cc(Cl)nc(C)n3)s2)c2c(C)cccc2Cl)cc1. The van der Waals surface area contributed by atoms with E-state index in [0.29, 0.717) is 39.5 Å². The molecule has 0 unspecified atom stereocenters. The summed E-state index contributed by atoms with van der Waals surface area (Å²) in [5.41, 5.74) is 3.29. The summed E-state index contributed by atoms with van der Waals surface area (Å²) >= 11 is 13.9. The second-order valence-electron chi connectivity index (χ2n) is 7.67. The quantitative estimate of drug-likeness (QED) is 0.271. The summed E-state index contributed by atoms with van der Waals surface area (Å²) in [5.74, 6) is 1.17. The lowest BCUT2D eigenvalue weighted by molar-refractivity contribution is 0.0988. The van der Waals surface area contributed by atoms with Gasteiger partial charge in [0.05, 0.1) is 41.3 Å². The van der Waals surface area contributed by atoms with E-state index in [2.05, 4.69) is 15.0 Å². The molecule has 4 aromatic rings. The van der Waals surface area contributed by atoms with Gasteiger partial charge in [-0.1, -0.05) is 47.5 Å². The number of carbonyl (C=O) groups is 1. The number of para-hydroxylation sites is 1. The zero-order valence-corrected chi connectivity index (χ0v) is 21.2.